The molecule has 2 aromatic rings. The molecule has 0 saturated heterocycles. The van der Waals surface area contributed by atoms with Gasteiger partial charge in [0.1, 0.15) is 0 Å². The van der Waals surface area contributed by atoms with Gasteiger partial charge in [-0.1, -0.05) is 45.7 Å². The number of benzene rings is 2. The predicted molar refractivity (Wildman–Crippen MR) is 101 cm³/mol. The Morgan fingerprint density at radius 2 is 1.83 bits per heavy atom. The molecule has 0 unspecified atom stereocenters. The predicted octanol–water partition coefficient (Wildman–Crippen LogP) is 4.97. The molecule has 1 amide bonds. The average Bonchev–Trinajstić information content (AvgIpc) is 2.52. The maximum Gasteiger partial charge on any atom is 0.234 e. The minimum Gasteiger partial charge on any atom is -0.325 e. The fourth-order valence-corrected chi connectivity index (χ4v) is 3.04. The normalized spacial score (nSPS) is 10.4. The van der Waals surface area contributed by atoms with Crippen molar-refractivity contribution < 1.29 is 9.59 Å². The van der Waals surface area contributed by atoms with E-state index in [0.29, 0.717) is 16.3 Å². The third-order valence-electron chi connectivity index (χ3n) is 3.17. The largest absolute Gasteiger partial charge is 0.325 e. The molecule has 1 N–H and O–H groups in total. The lowest BCUT2D eigenvalue weighted by molar-refractivity contribution is -0.113. The summed E-state index contributed by atoms with van der Waals surface area (Å²) in [6.07, 6.45) is 0. The second-order valence-corrected chi connectivity index (χ2v) is 7.19. The number of rotatable bonds is 6. The van der Waals surface area contributed by atoms with Gasteiger partial charge >= 0.3 is 0 Å². The van der Waals surface area contributed by atoms with E-state index in [1.165, 1.54) is 11.8 Å². The van der Waals surface area contributed by atoms with Gasteiger partial charge in [-0.3, -0.25) is 9.59 Å². The molecular weight excluding hydrogens is 398 g/mol. The van der Waals surface area contributed by atoms with E-state index in [9.17, 15) is 9.59 Å². The van der Waals surface area contributed by atoms with Crippen molar-refractivity contribution in [3.8, 4) is 0 Å². The first kappa shape index (κ1) is 18.0. The van der Waals surface area contributed by atoms with Crippen molar-refractivity contribution in [3.63, 3.8) is 0 Å². The highest BCUT2D eigenvalue weighted by Crippen LogP contribution is 2.23. The summed E-state index contributed by atoms with van der Waals surface area (Å²) in [4.78, 5) is 24.0. The second-order valence-electron chi connectivity index (χ2n) is 4.88. The lowest BCUT2D eigenvalue weighted by Gasteiger charge is -2.09. The van der Waals surface area contributed by atoms with Gasteiger partial charge in [0.15, 0.2) is 5.78 Å². The van der Waals surface area contributed by atoms with E-state index in [0.717, 1.165) is 10.0 Å². The van der Waals surface area contributed by atoms with E-state index in [2.05, 4.69) is 21.2 Å². The number of carbonyl (C=O) groups is 2. The molecule has 0 saturated carbocycles. The molecule has 0 radical (unpaired) electrons. The molecule has 120 valence electrons. The van der Waals surface area contributed by atoms with E-state index in [1.807, 2.05) is 19.1 Å². The Bertz CT molecular complexity index is 719. The van der Waals surface area contributed by atoms with Gasteiger partial charge in [-0.15, -0.1) is 11.8 Å². The van der Waals surface area contributed by atoms with Crippen molar-refractivity contribution in [2.24, 2.45) is 0 Å². The summed E-state index contributed by atoms with van der Waals surface area (Å²) < 4.78 is 0.929. The van der Waals surface area contributed by atoms with Crippen LogP contribution in [0.25, 0.3) is 0 Å². The van der Waals surface area contributed by atoms with Crippen LogP contribution in [0.4, 0.5) is 5.69 Å². The van der Waals surface area contributed by atoms with Crippen LogP contribution in [0, 0.1) is 6.92 Å². The Morgan fingerprint density at radius 1 is 1.13 bits per heavy atom. The lowest BCUT2D eigenvalue weighted by Crippen LogP contribution is -2.16. The molecule has 0 atom stereocenters. The van der Waals surface area contributed by atoms with Gasteiger partial charge in [-0.05, 0) is 36.8 Å². The molecule has 0 bridgehead atoms. The molecule has 0 aliphatic heterocycles. The van der Waals surface area contributed by atoms with Gasteiger partial charge < -0.3 is 5.32 Å². The van der Waals surface area contributed by atoms with Crippen molar-refractivity contribution in [2.75, 3.05) is 16.8 Å². The van der Waals surface area contributed by atoms with Crippen LogP contribution >= 0.6 is 39.3 Å². The summed E-state index contributed by atoms with van der Waals surface area (Å²) in [7, 11) is 0. The highest BCUT2D eigenvalue weighted by molar-refractivity contribution is 9.10. The van der Waals surface area contributed by atoms with Crippen LogP contribution in [0.1, 0.15) is 15.9 Å². The Balaban J connectivity index is 1.82. The van der Waals surface area contributed by atoms with Gasteiger partial charge in [-0.25, -0.2) is 0 Å². The Kier molecular flexibility index (Phi) is 6.69. The number of anilines is 1. The molecule has 23 heavy (non-hydrogen) atoms. The molecule has 0 aliphatic carbocycles. The van der Waals surface area contributed by atoms with Crippen molar-refractivity contribution >= 4 is 56.7 Å². The first-order valence-electron chi connectivity index (χ1n) is 6.89. The van der Waals surface area contributed by atoms with Crippen molar-refractivity contribution in [1.29, 1.82) is 0 Å². The number of hydrogen-bond donors (Lipinski definition) is 1. The van der Waals surface area contributed by atoms with Crippen LogP contribution in [-0.2, 0) is 4.79 Å². The molecule has 0 fully saturated rings. The fraction of sp³-hybridized carbons (Fsp3) is 0.176. The zero-order valence-corrected chi connectivity index (χ0v) is 15.6. The zero-order valence-electron chi connectivity index (χ0n) is 12.4. The summed E-state index contributed by atoms with van der Waals surface area (Å²) in [5, 5.41) is 3.42. The minimum absolute atomic E-state index is 0.00855. The molecule has 0 heterocycles. The van der Waals surface area contributed by atoms with E-state index >= 15 is 0 Å². The summed E-state index contributed by atoms with van der Waals surface area (Å²) in [6, 6.07) is 12.5. The van der Waals surface area contributed by atoms with Crippen LogP contribution < -0.4 is 5.32 Å². The standard InChI is InChI=1S/C17H15BrClNO2S/c1-11-14(19)3-2-4-15(11)20-17(22)10-23-9-16(21)12-5-7-13(18)8-6-12/h2-8H,9-10H2,1H3,(H,20,22). The molecule has 0 spiro atoms. The van der Waals surface area contributed by atoms with Crippen LogP contribution in [-0.4, -0.2) is 23.2 Å². The summed E-state index contributed by atoms with van der Waals surface area (Å²) in [6.45, 7) is 1.85. The molecule has 0 aromatic heterocycles. The van der Waals surface area contributed by atoms with Crippen molar-refractivity contribution in [1.82, 2.24) is 0 Å². The zero-order chi connectivity index (χ0) is 16.8. The SMILES string of the molecule is Cc1c(Cl)cccc1NC(=O)CSCC(=O)c1ccc(Br)cc1. The number of thioether (sulfide) groups is 1. The highest BCUT2D eigenvalue weighted by Gasteiger charge is 2.10. The highest BCUT2D eigenvalue weighted by atomic mass is 79.9. The Labute approximate surface area is 152 Å². The van der Waals surface area contributed by atoms with Crippen molar-refractivity contribution in [2.45, 2.75) is 6.92 Å². The molecule has 2 rings (SSSR count). The van der Waals surface area contributed by atoms with Gasteiger partial charge in [0.05, 0.1) is 11.5 Å². The Hall–Kier alpha value is -1.30. The average molecular weight is 413 g/mol. The van der Waals surface area contributed by atoms with E-state index in [1.54, 1.807) is 30.3 Å². The number of amides is 1. The monoisotopic (exact) mass is 411 g/mol. The molecular formula is C17H15BrClNO2S. The molecule has 0 aliphatic rings. The van der Waals surface area contributed by atoms with Crippen molar-refractivity contribution in [3.05, 3.63) is 63.1 Å². The van der Waals surface area contributed by atoms with Gasteiger partial charge in [0.2, 0.25) is 5.91 Å². The number of nitrogens with one attached hydrogen (secondary N) is 1. The summed E-state index contributed by atoms with van der Waals surface area (Å²) in [5.74, 6) is 0.343. The van der Waals surface area contributed by atoms with Crippen LogP contribution in [0.3, 0.4) is 0 Å². The minimum atomic E-state index is -0.149. The number of Topliss-reactive ketones (excluding diaryl/α,β-unsaturated/α-hetero) is 1. The van der Waals surface area contributed by atoms with Gasteiger partial charge in [0.25, 0.3) is 0 Å². The number of ketones is 1. The summed E-state index contributed by atoms with van der Waals surface area (Å²) in [5.41, 5.74) is 2.17. The maximum absolute atomic E-state index is 12.0. The smallest absolute Gasteiger partial charge is 0.234 e. The molecule has 6 heteroatoms. The van der Waals surface area contributed by atoms with E-state index in [4.69, 9.17) is 11.6 Å². The van der Waals surface area contributed by atoms with E-state index < -0.39 is 0 Å². The topological polar surface area (TPSA) is 46.2 Å². The third kappa shape index (κ3) is 5.37. The van der Waals surface area contributed by atoms with E-state index in [-0.39, 0.29) is 23.2 Å². The molecule has 2 aromatic carbocycles. The third-order valence-corrected chi connectivity index (χ3v) is 5.05. The van der Waals surface area contributed by atoms with Gasteiger partial charge in [-0.2, -0.15) is 0 Å². The number of hydrogen-bond acceptors (Lipinski definition) is 3. The lowest BCUT2D eigenvalue weighted by atomic mass is 10.2. The molecule has 3 nitrogen and oxygen atoms in total. The summed E-state index contributed by atoms with van der Waals surface area (Å²) >= 11 is 10.6. The fourth-order valence-electron chi connectivity index (χ4n) is 1.88. The first-order valence-corrected chi connectivity index (χ1v) is 9.21. The maximum atomic E-state index is 12.0. The Morgan fingerprint density at radius 3 is 2.52 bits per heavy atom. The second kappa shape index (κ2) is 8.52. The first-order chi connectivity index (χ1) is 11.0. The number of halogens is 2. The van der Waals surface area contributed by atoms with Crippen LogP contribution in [0.15, 0.2) is 46.9 Å². The quantitative estimate of drug-likeness (QED) is 0.682. The van der Waals surface area contributed by atoms with Crippen LogP contribution in [0.2, 0.25) is 5.02 Å². The number of carbonyl (C=O) groups excluding carboxylic acids is 2. The van der Waals surface area contributed by atoms with Crippen LogP contribution in [0.5, 0.6) is 0 Å². The van der Waals surface area contributed by atoms with Gasteiger partial charge in [0, 0.05) is 20.7 Å².